The molecule has 3 aliphatic rings. The van der Waals surface area contributed by atoms with E-state index in [1.165, 1.54) is 12.1 Å². The van der Waals surface area contributed by atoms with Gasteiger partial charge in [-0.25, -0.2) is 9.82 Å². The van der Waals surface area contributed by atoms with Crippen LogP contribution in [0.5, 0.6) is 5.75 Å². The third kappa shape index (κ3) is 2.25. The van der Waals surface area contributed by atoms with E-state index in [9.17, 15) is 9.18 Å². The van der Waals surface area contributed by atoms with Gasteiger partial charge >= 0.3 is 0 Å². The highest BCUT2D eigenvalue weighted by molar-refractivity contribution is 5.99. The molecule has 0 aliphatic carbocycles. The number of anilines is 1. The second kappa shape index (κ2) is 5.49. The average molecular weight is 306 g/mol. The minimum absolute atomic E-state index is 0.0138. The summed E-state index contributed by atoms with van der Waals surface area (Å²) in [4.78, 5) is 14.7. The minimum atomic E-state index is -0.356. The number of hydrogen-bond donors (Lipinski definition) is 3. The Hall–Kier alpha value is -1.70. The van der Waals surface area contributed by atoms with Gasteiger partial charge in [-0.05, 0) is 25.1 Å². The van der Waals surface area contributed by atoms with Crippen molar-refractivity contribution in [3.63, 3.8) is 0 Å². The summed E-state index contributed by atoms with van der Waals surface area (Å²) < 4.78 is 18.8. The molecule has 0 spiro atoms. The zero-order chi connectivity index (χ0) is 15.1. The number of nitrogens with one attached hydrogen (secondary N) is 3. The van der Waals surface area contributed by atoms with E-state index in [0.29, 0.717) is 30.6 Å². The van der Waals surface area contributed by atoms with E-state index in [-0.39, 0.29) is 23.7 Å². The molecule has 1 aromatic carbocycles. The van der Waals surface area contributed by atoms with Gasteiger partial charge in [-0.1, -0.05) is 0 Å². The maximum Gasteiger partial charge on any atom is 0.246 e. The maximum atomic E-state index is 13.3. The fraction of sp³-hybridized carbons (Fsp3) is 0.533. The highest BCUT2D eigenvalue weighted by Gasteiger charge is 2.43. The van der Waals surface area contributed by atoms with Gasteiger partial charge in [-0.15, -0.1) is 0 Å². The van der Waals surface area contributed by atoms with Gasteiger partial charge in [0, 0.05) is 24.6 Å². The molecular weight excluding hydrogens is 287 g/mol. The molecule has 3 atom stereocenters. The van der Waals surface area contributed by atoms with E-state index in [2.05, 4.69) is 16.2 Å². The van der Waals surface area contributed by atoms with Crippen LogP contribution >= 0.6 is 0 Å². The molecule has 3 heterocycles. The molecule has 3 unspecified atom stereocenters. The first-order valence-corrected chi connectivity index (χ1v) is 7.69. The highest BCUT2D eigenvalue weighted by atomic mass is 19.1. The number of carbonyl (C=O) groups excluding carboxylic acids is 1. The smallest absolute Gasteiger partial charge is 0.246 e. The number of nitrogens with zero attached hydrogens (tertiary/aromatic N) is 1. The Balaban J connectivity index is 1.59. The Labute approximate surface area is 128 Å². The number of hydrazine groups is 1. The lowest BCUT2D eigenvalue weighted by Crippen LogP contribution is -2.52. The lowest BCUT2D eigenvalue weighted by atomic mass is 9.88. The van der Waals surface area contributed by atoms with E-state index in [0.717, 1.165) is 19.5 Å². The number of benzene rings is 1. The average Bonchev–Trinajstić information content (AvgIpc) is 2.97. The number of carbonyl (C=O) groups is 1. The van der Waals surface area contributed by atoms with Gasteiger partial charge in [0.2, 0.25) is 5.91 Å². The fourth-order valence-corrected chi connectivity index (χ4v) is 3.55. The quantitative estimate of drug-likeness (QED) is 0.682. The predicted octanol–water partition coefficient (Wildman–Crippen LogP) is 0.00560. The second-order valence-electron chi connectivity index (χ2n) is 5.98. The summed E-state index contributed by atoms with van der Waals surface area (Å²) in [7, 11) is 0. The Bertz CT molecular complexity index is 597. The van der Waals surface area contributed by atoms with E-state index in [1.807, 2.05) is 0 Å². The zero-order valence-corrected chi connectivity index (χ0v) is 12.1. The molecule has 3 N–H and O–H groups in total. The standard InChI is InChI=1S/C15H19FN4O2/c16-9-1-2-12-13(7-9)22-6-5-20(12)15(21)14-10-8-17-4-3-11(10)18-19-14/h1-2,7,10-11,14,17-19H,3-6,8H2. The van der Waals surface area contributed by atoms with Crippen molar-refractivity contribution in [1.29, 1.82) is 0 Å². The maximum absolute atomic E-state index is 13.3. The van der Waals surface area contributed by atoms with Crippen LogP contribution in [0.15, 0.2) is 18.2 Å². The molecule has 3 aliphatic heterocycles. The number of fused-ring (bicyclic) bond motifs is 2. The number of amides is 1. The van der Waals surface area contributed by atoms with Crippen LogP contribution in [0, 0.1) is 11.7 Å². The minimum Gasteiger partial charge on any atom is -0.489 e. The summed E-state index contributed by atoms with van der Waals surface area (Å²) in [6.45, 7) is 2.66. The molecule has 1 aromatic rings. The van der Waals surface area contributed by atoms with Crippen LogP contribution in [-0.4, -0.2) is 44.2 Å². The van der Waals surface area contributed by atoms with E-state index >= 15 is 0 Å². The first-order chi connectivity index (χ1) is 10.7. The molecule has 118 valence electrons. The SMILES string of the molecule is O=C(C1NNC2CCNCC21)N1CCOc2cc(F)ccc21. The lowest BCUT2D eigenvalue weighted by molar-refractivity contribution is -0.121. The number of halogens is 1. The van der Waals surface area contributed by atoms with E-state index in [1.54, 1.807) is 11.0 Å². The van der Waals surface area contributed by atoms with Crippen LogP contribution in [0.2, 0.25) is 0 Å². The van der Waals surface area contributed by atoms with Crippen LogP contribution in [0.1, 0.15) is 6.42 Å². The van der Waals surface area contributed by atoms with E-state index in [4.69, 9.17) is 4.74 Å². The van der Waals surface area contributed by atoms with Gasteiger partial charge in [0.1, 0.15) is 24.2 Å². The molecule has 0 bridgehead atoms. The van der Waals surface area contributed by atoms with Crippen molar-refractivity contribution in [3.8, 4) is 5.75 Å². The Morgan fingerprint density at radius 3 is 3.18 bits per heavy atom. The predicted molar refractivity (Wildman–Crippen MR) is 79.1 cm³/mol. The monoisotopic (exact) mass is 306 g/mol. The largest absolute Gasteiger partial charge is 0.489 e. The lowest BCUT2D eigenvalue weighted by Gasteiger charge is -2.34. The van der Waals surface area contributed by atoms with Crippen LogP contribution in [0.4, 0.5) is 10.1 Å². The molecular formula is C15H19FN4O2. The van der Waals surface area contributed by atoms with Gasteiger partial charge in [-0.2, -0.15) is 0 Å². The second-order valence-corrected chi connectivity index (χ2v) is 5.98. The van der Waals surface area contributed by atoms with Crippen LogP contribution in [0.25, 0.3) is 0 Å². The molecule has 22 heavy (non-hydrogen) atoms. The van der Waals surface area contributed by atoms with Crippen LogP contribution < -0.4 is 25.8 Å². The van der Waals surface area contributed by atoms with Gasteiger partial charge < -0.3 is 15.0 Å². The van der Waals surface area contributed by atoms with Crippen molar-refractivity contribution in [2.24, 2.45) is 5.92 Å². The van der Waals surface area contributed by atoms with Crippen LogP contribution in [-0.2, 0) is 4.79 Å². The zero-order valence-electron chi connectivity index (χ0n) is 12.1. The molecule has 0 saturated carbocycles. The third-order valence-corrected chi connectivity index (χ3v) is 4.70. The summed E-state index contributed by atoms with van der Waals surface area (Å²) in [5, 5.41) is 3.35. The highest BCUT2D eigenvalue weighted by Crippen LogP contribution is 2.33. The van der Waals surface area contributed by atoms with Crippen molar-refractivity contribution in [2.75, 3.05) is 31.1 Å². The summed E-state index contributed by atoms with van der Waals surface area (Å²) >= 11 is 0. The van der Waals surface area contributed by atoms with Gasteiger partial charge in [0.25, 0.3) is 0 Å². The molecule has 0 radical (unpaired) electrons. The first kappa shape index (κ1) is 13.9. The molecule has 7 heteroatoms. The van der Waals surface area contributed by atoms with Gasteiger partial charge in [0.05, 0.1) is 12.2 Å². The molecule has 2 fully saturated rings. The first-order valence-electron chi connectivity index (χ1n) is 7.69. The summed E-state index contributed by atoms with van der Waals surface area (Å²) in [6, 6.07) is 4.36. The number of piperidine rings is 1. The number of rotatable bonds is 1. The molecule has 0 aromatic heterocycles. The number of hydrogen-bond acceptors (Lipinski definition) is 5. The normalized spacial score (nSPS) is 30.4. The molecule has 1 amide bonds. The summed E-state index contributed by atoms with van der Waals surface area (Å²) in [6.07, 6.45) is 1.01. The topological polar surface area (TPSA) is 65.6 Å². The molecule has 2 saturated heterocycles. The van der Waals surface area contributed by atoms with Crippen molar-refractivity contribution >= 4 is 11.6 Å². The summed E-state index contributed by atoms with van der Waals surface area (Å²) in [5.74, 6) is 0.321. The Kier molecular flexibility index (Phi) is 3.48. The number of ether oxygens (including phenoxy) is 1. The van der Waals surface area contributed by atoms with Gasteiger partial charge in [0.15, 0.2) is 0 Å². The van der Waals surface area contributed by atoms with E-state index < -0.39 is 0 Å². The Morgan fingerprint density at radius 2 is 2.27 bits per heavy atom. The summed E-state index contributed by atoms with van der Waals surface area (Å²) in [5.41, 5.74) is 7.02. The van der Waals surface area contributed by atoms with Crippen molar-refractivity contribution in [3.05, 3.63) is 24.0 Å². The van der Waals surface area contributed by atoms with Crippen molar-refractivity contribution < 1.29 is 13.9 Å². The Morgan fingerprint density at radius 1 is 1.36 bits per heavy atom. The third-order valence-electron chi connectivity index (χ3n) is 4.70. The molecule has 4 rings (SSSR count). The fourth-order valence-electron chi connectivity index (χ4n) is 3.55. The molecule has 6 nitrogen and oxygen atoms in total. The van der Waals surface area contributed by atoms with Crippen molar-refractivity contribution in [1.82, 2.24) is 16.2 Å². The van der Waals surface area contributed by atoms with Crippen molar-refractivity contribution in [2.45, 2.75) is 18.5 Å². The van der Waals surface area contributed by atoms with Crippen LogP contribution in [0.3, 0.4) is 0 Å². The van der Waals surface area contributed by atoms with Gasteiger partial charge in [-0.3, -0.25) is 10.2 Å².